The van der Waals surface area contributed by atoms with Crippen LogP contribution in [0.25, 0.3) is 0 Å². The van der Waals surface area contributed by atoms with Crippen LogP contribution in [0.1, 0.15) is 16.7 Å². The van der Waals surface area contributed by atoms with Gasteiger partial charge in [0.05, 0.1) is 18.8 Å². The zero-order valence-electron chi connectivity index (χ0n) is 18.6. The summed E-state index contributed by atoms with van der Waals surface area (Å²) >= 11 is 3.44. The second kappa shape index (κ2) is 9.73. The van der Waals surface area contributed by atoms with Crippen LogP contribution < -0.4 is 10.7 Å². The van der Waals surface area contributed by atoms with E-state index in [1.54, 1.807) is 0 Å². The average Bonchev–Trinajstić information content (AvgIpc) is 3.47. The summed E-state index contributed by atoms with van der Waals surface area (Å²) in [6.45, 7) is 1.16. The predicted molar refractivity (Wildman–Crippen MR) is 132 cm³/mol. The lowest BCUT2D eigenvalue weighted by molar-refractivity contribution is -0.0160. The number of aliphatic hydroxyl groups is 1. The number of aromatic nitrogens is 3. The van der Waals surface area contributed by atoms with Crippen LogP contribution in [-0.2, 0) is 25.2 Å². The molecule has 0 fully saturated rings. The van der Waals surface area contributed by atoms with Crippen LogP contribution in [0, 0.1) is 11.6 Å². The maximum atomic E-state index is 14.7. The van der Waals surface area contributed by atoms with Crippen molar-refractivity contribution in [2.24, 2.45) is 0 Å². The maximum absolute atomic E-state index is 14.7. The molecule has 3 aromatic carbocycles. The third kappa shape index (κ3) is 5.34. The Morgan fingerprint density at radius 3 is 2.63 bits per heavy atom. The van der Waals surface area contributed by atoms with Gasteiger partial charge in [0, 0.05) is 34.9 Å². The summed E-state index contributed by atoms with van der Waals surface area (Å²) in [4.78, 5) is 3.90. The predicted octanol–water partition coefficient (Wildman–Crippen LogP) is 4.66. The fourth-order valence-electron chi connectivity index (χ4n) is 4.25. The van der Waals surface area contributed by atoms with Gasteiger partial charge in [0.1, 0.15) is 29.9 Å². The number of halogens is 3. The number of hydrogen-bond donors (Lipinski definition) is 3. The summed E-state index contributed by atoms with van der Waals surface area (Å²) in [7, 11) is 0. The average molecular weight is 541 g/mol. The SMILES string of the molecule is OC(CN1Cc2cc(NCc3ccc(Br)cc3)ccc2N1)(Cn1cncn1)c1ccc(F)cc1F. The van der Waals surface area contributed by atoms with E-state index in [-0.39, 0.29) is 18.7 Å². The van der Waals surface area contributed by atoms with E-state index in [0.29, 0.717) is 13.1 Å². The van der Waals surface area contributed by atoms with Gasteiger partial charge in [-0.1, -0.05) is 34.1 Å². The molecule has 4 aromatic rings. The summed E-state index contributed by atoms with van der Waals surface area (Å²) < 4.78 is 30.7. The Morgan fingerprint density at radius 2 is 1.89 bits per heavy atom. The molecule has 3 N–H and O–H groups in total. The van der Waals surface area contributed by atoms with Crippen molar-refractivity contribution < 1.29 is 13.9 Å². The maximum Gasteiger partial charge on any atom is 0.137 e. The first-order valence-corrected chi connectivity index (χ1v) is 11.8. The van der Waals surface area contributed by atoms with Crippen molar-refractivity contribution in [3.05, 3.63) is 106 Å². The van der Waals surface area contributed by atoms with Crippen molar-refractivity contribution in [1.29, 1.82) is 0 Å². The number of hydrazine groups is 1. The second-order valence-electron chi connectivity index (χ2n) is 8.57. The molecule has 0 aliphatic carbocycles. The van der Waals surface area contributed by atoms with E-state index in [1.807, 2.05) is 29.3 Å². The van der Waals surface area contributed by atoms with Crippen molar-refractivity contribution in [2.75, 3.05) is 17.3 Å². The zero-order valence-corrected chi connectivity index (χ0v) is 20.2. The summed E-state index contributed by atoms with van der Waals surface area (Å²) in [5.41, 5.74) is 5.65. The molecular formula is C25H23BrF2N6O. The molecule has 35 heavy (non-hydrogen) atoms. The number of rotatable bonds is 8. The topological polar surface area (TPSA) is 78.2 Å². The molecule has 5 rings (SSSR count). The van der Waals surface area contributed by atoms with Gasteiger partial charge < -0.3 is 15.8 Å². The summed E-state index contributed by atoms with van der Waals surface area (Å²) in [5.74, 6) is -1.52. The van der Waals surface area contributed by atoms with E-state index in [2.05, 4.69) is 55.0 Å². The Bertz CT molecular complexity index is 1320. The van der Waals surface area contributed by atoms with Gasteiger partial charge >= 0.3 is 0 Å². The molecule has 10 heteroatoms. The Hall–Kier alpha value is -3.34. The standard InChI is InChI=1S/C25H23BrF2N6O/c26-19-3-1-17(2-4-19)11-30-21-6-8-24-18(9-21)12-33(32-24)13-25(35,14-34-16-29-15-31-34)22-7-5-20(27)10-23(22)28/h1-10,15-16,30,32,35H,11-14H2. The van der Waals surface area contributed by atoms with Gasteiger partial charge in [-0.3, -0.25) is 0 Å². The molecule has 0 radical (unpaired) electrons. The first-order chi connectivity index (χ1) is 16.9. The lowest BCUT2D eigenvalue weighted by Gasteiger charge is -2.33. The molecule has 0 amide bonds. The van der Waals surface area contributed by atoms with Crippen LogP contribution in [0.2, 0.25) is 0 Å². The molecule has 0 spiro atoms. The van der Waals surface area contributed by atoms with Gasteiger partial charge in [-0.15, -0.1) is 0 Å². The summed E-state index contributed by atoms with van der Waals surface area (Å²) in [5, 5.41) is 20.9. The van der Waals surface area contributed by atoms with Gasteiger partial charge in [-0.25, -0.2) is 23.5 Å². The quantitative estimate of drug-likeness (QED) is 0.301. The van der Waals surface area contributed by atoms with Crippen LogP contribution in [0.3, 0.4) is 0 Å². The zero-order chi connectivity index (χ0) is 24.4. The van der Waals surface area contributed by atoms with Gasteiger partial charge in [-0.2, -0.15) is 5.10 Å². The van der Waals surface area contributed by atoms with Crippen LogP contribution in [0.15, 0.2) is 77.8 Å². The Balaban J connectivity index is 1.32. The molecule has 2 heterocycles. The smallest absolute Gasteiger partial charge is 0.137 e. The highest BCUT2D eigenvalue weighted by Gasteiger charge is 2.37. The van der Waals surface area contributed by atoms with Crippen LogP contribution in [-0.4, -0.2) is 31.4 Å². The molecule has 0 saturated heterocycles. The van der Waals surface area contributed by atoms with Gasteiger partial charge in [0.25, 0.3) is 0 Å². The van der Waals surface area contributed by atoms with Crippen molar-refractivity contribution in [2.45, 2.75) is 25.2 Å². The minimum Gasteiger partial charge on any atom is -0.382 e. The minimum atomic E-state index is -1.69. The van der Waals surface area contributed by atoms with E-state index in [4.69, 9.17) is 0 Å². The van der Waals surface area contributed by atoms with E-state index in [1.165, 1.54) is 23.4 Å². The van der Waals surface area contributed by atoms with Crippen LogP contribution in [0.4, 0.5) is 20.2 Å². The highest BCUT2D eigenvalue weighted by Crippen LogP contribution is 2.33. The largest absolute Gasteiger partial charge is 0.382 e. The Kier molecular flexibility index (Phi) is 6.50. The molecule has 7 nitrogen and oxygen atoms in total. The van der Waals surface area contributed by atoms with Crippen molar-refractivity contribution >= 4 is 27.3 Å². The molecular weight excluding hydrogens is 518 g/mol. The van der Waals surface area contributed by atoms with Crippen LogP contribution in [0.5, 0.6) is 0 Å². The van der Waals surface area contributed by atoms with Gasteiger partial charge in [0.2, 0.25) is 0 Å². The fraction of sp³-hybridized carbons (Fsp3) is 0.200. The fourth-order valence-corrected chi connectivity index (χ4v) is 4.51. The van der Waals surface area contributed by atoms with Crippen molar-refractivity contribution in [1.82, 2.24) is 19.8 Å². The summed E-state index contributed by atoms with van der Waals surface area (Å²) in [6.07, 6.45) is 2.79. The Labute approximate surface area is 209 Å². The molecule has 0 saturated carbocycles. The van der Waals surface area contributed by atoms with E-state index in [9.17, 15) is 13.9 Å². The number of hydrogen-bond acceptors (Lipinski definition) is 6. The lowest BCUT2D eigenvalue weighted by atomic mass is 9.92. The number of nitrogens with one attached hydrogen (secondary N) is 2. The number of anilines is 2. The molecule has 1 atom stereocenters. The lowest BCUT2D eigenvalue weighted by Crippen LogP contribution is -2.45. The summed E-state index contributed by atoms with van der Waals surface area (Å²) in [6, 6.07) is 17.3. The number of fused-ring (bicyclic) bond motifs is 1. The first-order valence-electron chi connectivity index (χ1n) is 11.0. The molecule has 0 bridgehead atoms. The van der Waals surface area contributed by atoms with Crippen molar-refractivity contribution in [3.8, 4) is 0 Å². The highest BCUT2D eigenvalue weighted by atomic mass is 79.9. The molecule has 1 aliphatic heterocycles. The molecule has 1 unspecified atom stereocenters. The van der Waals surface area contributed by atoms with Crippen LogP contribution >= 0.6 is 15.9 Å². The third-order valence-electron chi connectivity index (χ3n) is 5.93. The second-order valence-corrected chi connectivity index (χ2v) is 9.48. The number of β-amino-alcohol motifs (C(OH)–C–C–N with tert-alkyl or cyclic N) is 1. The van der Waals surface area contributed by atoms with Crippen molar-refractivity contribution in [3.63, 3.8) is 0 Å². The van der Waals surface area contributed by atoms with E-state index in [0.717, 1.165) is 39.1 Å². The van der Waals surface area contributed by atoms with E-state index < -0.39 is 17.2 Å². The number of benzene rings is 3. The molecule has 1 aliphatic rings. The monoisotopic (exact) mass is 540 g/mol. The number of nitrogens with zero attached hydrogens (tertiary/aromatic N) is 4. The van der Waals surface area contributed by atoms with Gasteiger partial charge in [0.15, 0.2) is 0 Å². The highest BCUT2D eigenvalue weighted by molar-refractivity contribution is 9.10. The third-order valence-corrected chi connectivity index (χ3v) is 6.46. The molecule has 180 valence electrons. The van der Waals surface area contributed by atoms with Gasteiger partial charge in [-0.05, 0) is 47.5 Å². The molecule has 1 aromatic heterocycles. The Morgan fingerprint density at radius 1 is 1.06 bits per heavy atom. The van der Waals surface area contributed by atoms with E-state index >= 15 is 0 Å². The normalized spacial score (nSPS) is 14.9. The first kappa shape index (κ1) is 23.4. The minimum absolute atomic E-state index is 0.0102.